The molecule has 0 saturated carbocycles. The van der Waals surface area contributed by atoms with E-state index in [1.165, 1.54) is 16.0 Å². The van der Waals surface area contributed by atoms with Crippen LogP contribution in [0.3, 0.4) is 0 Å². The molecule has 0 radical (unpaired) electrons. The first-order valence-corrected chi connectivity index (χ1v) is 11.0. The van der Waals surface area contributed by atoms with Crippen molar-refractivity contribution in [1.29, 1.82) is 0 Å². The van der Waals surface area contributed by atoms with E-state index in [0.29, 0.717) is 25.6 Å². The summed E-state index contributed by atoms with van der Waals surface area (Å²) >= 11 is 0. The van der Waals surface area contributed by atoms with Crippen LogP contribution in [0.1, 0.15) is 37.1 Å². The summed E-state index contributed by atoms with van der Waals surface area (Å²) in [6.07, 6.45) is 10.2. The first-order valence-electron chi connectivity index (χ1n) is 11.0. The molecule has 162 valence electrons. The van der Waals surface area contributed by atoms with Crippen LogP contribution in [-0.2, 0) is 12.8 Å². The molecule has 8 nitrogen and oxygen atoms in total. The Kier molecular flexibility index (Phi) is 5.23. The number of rotatable bonds is 5. The Labute approximate surface area is 181 Å². The lowest BCUT2D eigenvalue weighted by atomic mass is 10.0. The molecule has 2 aromatic rings. The van der Waals surface area contributed by atoms with Gasteiger partial charge in [-0.05, 0) is 30.4 Å². The second-order valence-corrected chi connectivity index (χ2v) is 8.44. The van der Waals surface area contributed by atoms with E-state index in [2.05, 4.69) is 57.2 Å². The van der Waals surface area contributed by atoms with Crippen LogP contribution in [0.2, 0.25) is 0 Å². The highest BCUT2D eigenvalue weighted by atomic mass is 16.4. The lowest BCUT2D eigenvalue weighted by Crippen LogP contribution is -2.53. The van der Waals surface area contributed by atoms with Crippen LogP contribution in [0.25, 0.3) is 0 Å². The number of carbonyl (C=O) groups is 1. The molecule has 1 aromatic carbocycles. The van der Waals surface area contributed by atoms with Gasteiger partial charge < -0.3 is 19.5 Å². The molecule has 2 unspecified atom stereocenters. The topological polar surface area (TPSA) is 86.0 Å². The van der Waals surface area contributed by atoms with E-state index in [0.717, 1.165) is 30.5 Å². The highest BCUT2D eigenvalue weighted by Gasteiger charge is 2.34. The number of hydrogen-bond acceptors (Lipinski definition) is 5. The maximum atomic E-state index is 11.5. The number of likely N-dealkylation sites (tertiary alicyclic amines) is 1. The second-order valence-electron chi connectivity index (χ2n) is 8.44. The van der Waals surface area contributed by atoms with Crippen molar-refractivity contribution >= 4 is 11.8 Å². The lowest BCUT2D eigenvalue weighted by Gasteiger charge is -2.42. The number of nitrogens with one attached hydrogen (secondary N) is 1. The number of piperidine rings is 1. The minimum Gasteiger partial charge on any atom is -0.465 e. The molecule has 1 saturated heterocycles. The van der Waals surface area contributed by atoms with Gasteiger partial charge in [0.2, 0.25) is 0 Å². The summed E-state index contributed by atoms with van der Waals surface area (Å²) in [5, 5.41) is 13.2. The number of benzene rings is 1. The molecule has 1 amide bonds. The van der Waals surface area contributed by atoms with Gasteiger partial charge in [-0.1, -0.05) is 31.2 Å². The van der Waals surface area contributed by atoms with Gasteiger partial charge in [0.15, 0.2) is 6.29 Å². The number of aliphatic imine (C=N–C) groups is 1. The molecule has 2 N–H and O–H groups in total. The summed E-state index contributed by atoms with van der Waals surface area (Å²) in [5.74, 6) is 0. The highest BCUT2D eigenvalue weighted by Crippen LogP contribution is 2.29. The molecule has 2 atom stereocenters. The van der Waals surface area contributed by atoms with Crippen molar-refractivity contribution in [3.8, 4) is 0 Å². The van der Waals surface area contributed by atoms with E-state index in [-0.39, 0.29) is 12.5 Å². The molecule has 1 aromatic heterocycles. The summed E-state index contributed by atoms with van der Waals surface area (Å²) in [6.45, 7) is 3.02. The standard InChI is InChI=1S/C23H28N6O2/c1-2-21(28-10-8-24-15-28)29-14-18-13-27(23(30)31)9-7-20(18)26-22(29)25-19-11-16-5-3-4-6-17(16)12-19/h3-6,8,10,14-15,19,21-22,25H,2,7,9,11-13H2,1H3,(H,30,31). The quantitative estimate of drug-likeness (QED) is 0.777. The van der Waals surface area contributed by atoms with Gasteiger partial charge in [-0.25, -0.2) is 14.8 Å². The third-order valence-corrected chi connectivity index (χ3v) is 6.50. The van der Waals surface area contributed by atoms with Crippen LogP contribution >= 0.6 is 0 Å². The highest BCUT2D eigenvalue weighted by molar-refractivity contribution is 6.02. The summed E-state index contributed by atoms with van der Waals surface area (Å²) in [5.41, 5.74) is 4.81. The van der Waals surface area contributed by atoms with Crippen molar-refractivity contribution in [3.63, 3.8) is 0 Å². The van der Waals surface area contributed by atoms with Crippen molar-refractivity contribution < 1.29 is 9.90 Å². The van der Waals surface area contributed by atoms with Gasteiger partial charge >= 0.3 is 6.09 Å². The monoisotopic (exact) mass is 420 g/mol. The van der Waals surface area contributed by atoms with Crippen LogP contribution < -0.4 is 5.32 Å². The van der Waals surface area contributed by atoms with Gasteiger partial charge in [0, 0.05) is 48.9 Å². The van der Waals surface area contributed by atoms with E-state index in [1.807, 2.05) is 12.5 Å². The zero-order valence-electron chi connectivity index (χ0n) is 17.7. The fraction of sp³-hybridized carbons (Fsp3) is 0.435. The van der Waals surface area contributed by atoms with Gasteiger partial charge in [0.25, 0.3) is 0 Å². The molecule has 31 heavy (non-hydrogen) atoms. The summed E-state index contributed by atoms with van der Waals surface area (Å²) in [6, 6.07) is 8.95. The third-order valence-electron chi connectivity index (χ3n) is 6.50. The molecule has 1 fully saturated rings. The lowest BCUT2D eigenvalue weighted by molar-refractivity contribution is 0.109. The predicted molar refractivity (Wildman–Crippen MR) is 118 cm³/mol. The van der Waals surface area contributed by atoms with E-state index in [1.54, 1.807) is 6.20 Å². The zero-order valence-corrected chi connectivity index (χ0v) is 17.7. The number of carboxylic acid groups (broad SMARTS) is 1. The Morgan fingerprint density at radius 3 is 2.71 bits per heavy atom. The van der Waals surface area contributed by atoms with Crippen molar-refractivity contribution in [2.75, 3.05) is 13.1 Å². The van der Waals surface area contributed by atoms with Crippen LogP contribution in [0.5, 0.6) is 0 Å². The molecule has 3 heterocycles. The fourth-order valence-electron chi connectivity index (χ4n) is 4.95. The number of fused-ring (bicyclic) bond motifs is 2. The van der Waals surface area contributed by atoms with Gasteiger partial charge in [0.1, 0.15) is 6.17 Å². The van der Waals surface area contributed by atoms with Gasteiger partial charge in [-0.15, -0.1) is 0 Å². The Balaban J connectivity index is 1.42. The third kappa shape index (κ3) is 3.83. The summed E-state index contributed by atoms with van der Waals surface area (Å²) in [7, 11) is 0. The van der Waals surface area contributed by atoms with E-state index < -0.39 is 6.09 Å². The molecular formula is C23H28N6O2. The molecule has 8 heteroatoms. The maximum Gasteiger partial charge on any atom is 0.407 e. The number of amides is 1. The fourth-order valence-corrected chi connectivity index (χ4v) is 4.95. The smallest absolute Gasteiger partial charge is 0.407 e. The number of hydrogen-bond donors (Lipinski definition) is 2. The normalized spacial score (nSPS) is 21.9. The number of imidazole rings is 1. The second kappa shape index (κ2) is 8.19. The van der Waals surface area contributed by atoms with Crippen LogP contribution in [-0.4, -0.2) is 61.7 Å². The van der Waals surface area contributed by atoms with Gasteiger partial charge in [-0.3, -0.25) is 5.32 Å². The predicted octanol–water partition coefficient (Wildman–Crippen LogP) is 2.86. The SMILES string of the molecule is CCC(N1C=C2CN(C(=O)O)CCC2=NC1NC1Cc2ccccc2C1)n1ccnc1. The minimum atomic E-state index is -0.878. The van der Waals surface area contributed by atoms with Crippen molar-refractivity contribution in [2.24, 2.45) is 4.99 Å². The Morgan fingerprint density at radius 1 is 1.29 bits per heavy atom. The number of nitrogens with zero attached hydrogens (tertiary/aromatic N) is 5. The first-order chi connectivity index (χ1) is 15.1. The largest absolute Gasteiger partial charge is 0.465 e. The molecule has 5 rings (SSSR count). The first kappa shape index (κ1) is 19.8. The van der Waals surface area contributed by atoms with Gasteiger partial charge in [0.05, 0.1) is 12.9 Å². The average Bonchev–Trinajstić information content (AvgIpc) is 3.43. The van der Waals surface area contributed by atoms with Crippen molar-refractivity contribution in [3.05, 3.63) is 65.9 Å². The van der Waals surface area contributed by atoms with Crippen molar-refractivity contribution in [2.45, 2.75) is 51.1 Å². The van der Waals surface area contributed by atoms with Gasteiger partial charge in [-0.2, -0.15) is 0 Å². The molecular weight excluding hydrogens is 392 g/mol. The molecule has 1 aliphatic carbocycles. The van der Waals surface area contributed by atoms with E-state index >= 15 is 0 Å². The van der Waals surface area contributed by atoms with Crippen LogP contribution in [0, 0.1) is 0 Å². The summed E-state index contributed by atoms with van der Waals surface area (Å²) in [4.78, 5) is 24.5. The van der Waals surface area contributed by atoms with Crippen molar-refractivity contribution in [1.82, 2.24) is 24.7 Å². The van der Waals surface area contributed by atoms with Crippen LogP contribution in [0.4, 0.5) is 4.79 Å². The van der Waals surface area contributed by atoms with E-state index in [9.17, 15) is 9.90 Å². The number of aromatic nitrogens is 2. The zero-order chi connectivity index (χ0) is 21.4. The minimum absolute atomic E-state index is 0.0433. The average molecular weight is 421 g/mol. The Hall–Kier alpha value is -3.13. The Bertz CT molecular complexity index is 990. The molecule has 0 spiro atoms. The maximum absolute atomic E-state index is 11.5. The molecule has 2 aliphatic heterocycles. The van der Waals surface area contributed by atoms with Crippen LogP contribution in [0.15, 0.2) is 59.8 Å². The summed E-state index contributed by atoms with van der Waals surface area (Å²) < 4.78 is 2.09. The Morgan fingerprint density at radius 2 is 2.06 bits per heavy atom. The molecule has 0 bridgehead atoms. The molecule has 3 aliphatic rings. The van der Waals surface area contributed by atoms with E-state index in [4.69, 9.17) is 4.99 Å².